The average molecular weight is 292 g/mol. The zero-order valence-electron chi connectivity index (χ0n) is 12.8. The Morgan fingerprint density at radius 2 is 2.05 bits per heavy atom. The summed E-state index contributed by atoms with van der Waals surface area (Å²) in [7, 11) is 0. The third-order valence-corrected chi connectivity index (χ3v) is 4.26. The molecule has 0 atom stereocenters. The summed E-state index contributed by atoms with van der Waals surface area (Å²) in [5, 5.41) is 14.4. The largest absolute Gasteiger partial charge is 0.374 e. The van der Waals surface area contributed by atoms with Crippen LogP contribution in [0, 0.1) is 17.0 Å². The van der Waals surface area contributed by atoms with E-state index in [-0.39, 0.29) is 16.7 Å². The number of hydrogen-bond donors (Lipinski definition) is 1. The van der Waals surface area contributed by atoms with Gasteiger partial charge in [-0.1, -0.05) is 19.1 Å². The van der Waals surface area contributed by atoms with Crippen molar-refractivity contribution in [2.45, 2.75) is 58.3 Å². The van der Waals surface area contributed by atoms with Gasteiger partial charge in [0.2, 0.25) is 0 Å². The average Bonchev–Trinajstić information content (AvgIpc) is 2.48. The van der Waals surface area contributed by atoms with Gasteiger partial charge in [-0.05, 0) is 44.7 Å². The summed E-state index contributed by atoms with van der Waals surface area (Å²) in [6.07, 6.45) is 4.69. The highest BCUT2D eigenvalue weighted by molar-refractivity contribution is 5.44. The number of rotatable bonds is 6. The first-order valence-electron chi connectivity index (χ1n) is 7.69. The minimum absolute atomic E-state index is 0.173. The summed E-state index contributed by atoms with van der Waals surface area (Å²) >= 11 is 0. The van der Waals surface area contributed by atoms with Crippen molar-refractivity contribution in [3.63, 3.8) is 0 Å². The van der Waals surface area contributed by atoms with Crippen LogP contribution in [0.4, 0.5) is 5.69 Å². The molecule has 0 bridgehead atoms. The van der Waals surface area contributed by atoms with Gasteiger partial charge in [0.05, 0.1) is 17.6 Å². The minimum Gasteiger partial charge on any atom is -0.374 e. The molecular formula is C16H24N2O3. The summed E-state index contributed by atoms with van der Waals surface area (Å²) in [6.45, 7) is 5.40. The van der Waals surface area contributed by atoms with Crippen LogP contribution in [0.3, 0.4) is 0 Å². The molecule has 5 nitrogen and oxygen atoms in total. The predicted octanol–water partition coefficient (Wildman–Crippen LogP) is 3.34. The lowest BCUT2D eigenvalue weighted by Gasteiger charge is -2.29. The van der Waals surface area contributed by atoms with Gasteiger partial charge in [0.15, 0.2) is 0 Å². The fourth-order valence-electron chi connectivity index (χ4n) is 2.95. The molecule has 116 valence electrons. The molecule has 0 unspecified atom stereocenters. The number of ether oxygens (including phenoxy) is 1. The van der Waals surface area contributed by atoms with Crippen molar-refractivity contribution in [3.8, 4) is 0 Å². The lowest BCUT2D eigenvalue weighted by Crippen LogP contribution is -2.35. The smallest absolute Gasteiger partial charge is 0.272 e. The van der Waals surface area contributed by atoms with Gasteiger partial charge in [0.1, 0.15) is 0 Å². The van der Waals surface area contributed by atoms with E-state index in [0.717, 1.165) is 37.8 Å². The van der Waals surface area contributed by atoms with Crippen LogP contribution in [0.2, 0.25) is 0 Å². The van der Waals surface area contributed by atoms with Crippen molar-refractivity contribution in [2.24, 2.45) is 0 Å². The topological polar surface area (TPSA) is 64.4 Å². The summed E-state index contributed by atoms with van der Waals surface area (Å²) in [4.78, 5) is 10.6. The molecule has 1 aliphatic carbocycles. The van der Waals surface area contributed by atoms with Crippen LogP contribution in [0.15, 0.2) is 18.2 Å². The van der Waals surface area contributed by atoms with E-state index >= 15 is 0 Å². The molecule has 1 aromatic rings. The lowest BCUT2D eigenvalue weighted by atomic mass is 9.93. The zero-order valence-corrected chi connectivity index (χ0v) is 12.8. The SMILES string of the molecule is CCNC1CCC(OCc2cccc([N+](=O)[O-])c2C)CC1. The van der Waals surface area contributed by atoms with E-state index in [2.05, 4.69) is 12.2 Å². The van der Waals surface area contributed by atoms with Gasteiger partial charge >= 0.3 is 0 Å². The van der Waals surface area contributed by atoms with Crippen molar-refractivity contribution in [1.29, 1.82) is 0 Å². The third-order valence-electron chi connectivity index (χ3n) is 4.26. The molecule has 1 N–H and O–H groups in total. The fourth-order valence-corrected chi connectivity index (χ4v) is 2.95. The molecule has 2 rings (SSSR count). The molecular weight excluding hydrogens is 268 g/mol. The minimum atomic E-state index is -0.333. The van der Waals surface area contributed by atoms with Gasteiger partial charge in [-0.2, -0.15) is 0 Å². The highest BCUT2D eigenvalue weighted by atomic mass is 16.6. The maximum Gasteiger partial charge on any atom is 0.272 e. The van der Waals surface area contributed by atoms with Crippen LogP contribution in [0.25, 0.3) is 0 Å². The van der Waals surface area contributed by atoms with E-state index in [9.17, 15) is 10.1 Å². The van der Waals surface area contributed by atoms with Gasteiger partial charge in [-0.15, -0.1) is 0 Å². The number of hydrogen-bond acceptors (Lipinski definition) is 4. The Kier molecular flexibility index (Phi) is 5.70. The van der Waals surface area contributed by atoms with Gasteiger partial charge in [0, 0.05) is 17.7 Å². The number of nitro groups is 1. The second-order valence-corrected chi connectivity index (χ2v) is 5.66. The second-order valence-electron chi connectivity index (χ2n) is 5.66. The number of nitrogens with zero attached hydrogens (tertiary/aromatic N) is 1. The maximum absolute atomic E-state index is 10.9. The van der Waals surface area contributed by atoms with Crippen molar-refractivity contribution in [3.05, 3.63) is 39.4 Å². The van der Waals surface area contributed by atoms with Crippen LogP contribution in [-0.4, -0.2) is 23.6 Å². The Labute approximate surface area is 125 Å². The summed E-state index contributed by atoms with van der Waals surface area (Å²) in [6, 6.07) is 5.80. The number of benzene rings is 1. The molecule has 0 saturated heterocycles. The molecule has 0 heterocycles. The Morgan fingerprint density at radius 3 is 2.67 bits per heavy atom. The Bertz CT molecular complexity index is 482. The monoisotopic (exact) mass is 292 g/mol. The molecule has 0 aliphatic heterocycles. The van der Waals surface area contributed by atoms with Gasteiger partial charge in [-0.25, -0.2) is 0 Å². The first-order chi connectivity index (χ1) is 10.1. The first kappa shape index (κ1) is 15.9. The summed E-state index contributed by atoms with van der Waals surface area (Å²) < 4.78 is 5.96. The van der Waals surface area contributed by atoms with Gasteiger partial charge in [-0.3, -0.25) is 10.1 Å². The molecule has 21 heavy (non-hydrogen) atoms. The Balaban J connectivity index is 1.87. The Hall–Kier alpha value is -1.46. The van der Waals surface area contributed by atoms with Crippen molar-refractivity contribution < 1.29 is 9.66 Å². The van der Waals surface area contributed by atoms with Crippen molar-refractivity contribution >= 4 is 5.69 Å². The molecule has 5 heteroatoms. The lowest BCUT2D eigenvalue weighted by molar-refractivity contribution is -0.385. The zero-order chi connectivity index (χ0) is 15.2. The third kappa shape index (κ3) is 4.25. The van der Waals surface area contributed by atoms with Crippen LogP contribution in [-0.2, 0) is 11.3 Å². The van der Waals surface area contributed by atoms with Crippen LogP contribution < -0.4 is 5.32 Å². The molecule has 1 saturated carbocycles. The van der Waals surface area contributed by atoms with E-state index in [1.807, 2.05) is 6.07 Å². The molecule has 1 aliphatic rings. The van der Waals surface area contributed by atoms with Crippen LogP contribution >= 0.6 is 0 Å². The van der Waals surface area contributed by atoms with Gasteiger partial charge < -0.3 is 10.1 Å². The fraction of sp³-hybridized carbons (Fsp3) is 0.625. The second kappa shape index (κ2) is 7.52. The van der Waals surface area contributed by atoms with Gasteiger partial charge in [0.25, 0.3) is 5.69 Å². The maximum atomic E-state index is 10.9. The number of nitro benzene ring substituents is 1. The predicted molar refractivity (Wildman–Crippen MR) is 82.3 cm³/mol. The Morgan fingerprint density at radius 1 is 1.33 bits per heavy atom. The number of nitrogens with one attached hydrogen (secondary N) is 1. The highest BCUT2D eigenvalue weighted by Gasteiger charge is 2.21. The van der Waals surface area contributed by atoms with E-state index < -0.39 is 0 Å². The van der Waals surface area contributed by atoms with E-state index in [0.29, 0.717) is 18.2 Å². The van der Waals surface area contributed by atoms with E-state index in [4.69, 9.17) is 4.74 Å². The van der Waals surface area contributed by atoms with Crippen LogP contribution in [0.5, 0.6) is 0 Å². The molecule has 1 fully saturated rings. The van der Waals surface area contributed by atoms with Crippen LogP contribution in [0.1, 0.15) is 43.7 Å². The van der Waals surface area contributed by atoms with Crippen molar-refractivity contribution in [1.82, 2.24) is 5.32 Å². The highest BCUT2D eigenvalue weighted by Crippen LogP contribution is 2.25. The van der Waals surface area contributed by atoms with E-state index in [1.54, 1.807) is 19.1 Å². The normalized spacial score (nSPS) is 22.2. The summed E-state index contributed by atoms with van der Waals surface area (Å²) in [5.74, 6) is 0. The molecule has 1 aromatic carbocycles. The molecule has 0 amide bonds. The quantitative estimate of drug-likeness (QED) is 0.645. The standard InChI is InChI=1S/C16H24N2O3/c1-3-17-14-7-9-15(10-8-14)21-11-13-5-4-6-16(12(13)2)18(19)20/h4-6,14-15,17H,3,7-11H2,1-2H3. The first-order valence-corrected chi connectivity index (χ1v) is 7.69. The van der Waals surface area contributed by atoms with Crippen molar-refractivity contribution in [2.75, 3.05) is 6.54 Å². The molecule has 0 aromatic heterocycles. The molecule has 0 radical (unpaired) electrons. The van der Waals surface area contributed by atoms with E-state index in [1.165, 1.54) is 0 Å². The summed E-state index contributed by atoms with van der Waals surface area (Å²) in [5.41, 5.74) is 1.80. The molecule has 0 spiro atoms.